The first-order valence-electron chi connectivity index (χ1n) is 10.4. The third-order valence-electron chi connectivity index (χ3n) is 5.56. The van der Waals surface area contributed by atoms with Crippen LogP contribution in [0.1, 0.15) is 70.1 Å². The molecule has 1 saturated heterocycles. The summed E-state index contributed by atoms with van der Waals surface area (Å²) in [5.74, 6) is 0.0716. The van der Waals surface area contributed by atoms with Crippen LogP contribution in [-0.4, -0.2) is 52.6 Å². The van der Waals surface area contributed by atoms with Crippen LogP contribution in [0.4, 0.5) is 5.69 Å². The molecule has 0 unspecified atom stereocenters. The van der Waals surface area contributed by atoms with Gasteiger partial charge in [0, 0.05) is 29.8 Å². The normalized spacial score (nSPS) is 17.8. The van der Waals surface area contributed by atoms with Crippen molar-refractivity contribution in [2.75, 3.05) is 25.0 Å². The summed E-state index contributed by atoms with van der Waals surface area (Å²) in [4.78, 5) is 27.4. The van der Waals surface area contributed by atoms with Gasteiger partial charge in [0.2, 0.25) is 5.01 Å². The van der Waals surface area contributed by atoms with Crippen molar-refractivity contribution in [1.29, 1.82) is 0 Å². The van der Waals surface area contributed by atoms with Crippen LogP contribution in [0.25, 0.3) is 0 Å². The van der Waals surface area contributed by atoms with E-state index in [4.69, 9.17) is 0 Å². The molecule has 2 amide bonds. The summed E-state index contributed by atoms with van der Waals surface area (Å²) in [6.45, 7) is 5.18. The number of nitrogens with zero attached hydrogens (tertiary/aromatic N) is 3. The lowest BCUT2D eigenvalue weighted by molar-refractivity contribution is 0.0948. The van der Waals surface area contributed by atoms with E-state index in [1.807, 2.05) is 0 Å². The lowest BCUT2D eigenvalue weighted by Gasteiger charge is -2.23. The minimum absolute atomic E-state index is 0.123. The molecule has 1 saturated carbocycles. The zero-order valence-corrected chi connectivity index (χ0v) is 17.5. The molecule has 7 nitrogen and oxygen atoms in total. The van der Waals surface area contributed by atoms with Crippen LogP contribution in [0.2, 0.25) is 0 Å². The predicted octanol–water partition coefficient (Wildman–Crippen LogP) is 3.27. The number of nitrogens with one attached hydrogen (secondary N) is 2. The smallest absolute Gasteiger partial charge is 0.286 e. The minimum Gasteiger partial charge on any atom is -0.352 e. The number of likely N-dealkylation sites (tertiary alicyclic amines) is 1. The van der Waals surface area contributed by atoms with E-state index >= 15 is 0 Å². The topological polar surface area (TPSA) is 87.2 Å². The molecule has 2 heterocycles. The average Bonchev–Trinajstić information content (AvgIpc) is 3.21. The second-order valence-electron chi connectivity index (χ2n) is 7.89. The second kappa shape index (κ2) is 9.00. The average molecular weight is 414 g/mol. The maximum absolute atomic E-state index is 12.5. The van der Waals surface area contributed by atoms with Crippen molar-refractivity contribution in [2.24, 2.45) is 0 Å². The Bertz CT molecular complexity index is 873. The second-order valence-corrected chi connectivity index (χ2v) is 8.90. The molecular formula is C21H27N5O2S. The molecule has 2 fully saturated rings. The third kappa shape index (κ3) is 5.19. The predicted molar refractivity (Wildman–Crippen MR) is 113 cm³/mol. The summed E-state index contributed by atoms with van der Waals surface area (Å²) in [5.41, 5.74) is 1.11. The molecule has 2 aliphatic rings. The fourth-order valence-electron chi connectivity index (χ4n) is 3.61. The molecule has 1 aliphatic heterocycles. The monoisotopic (exact) mass is 413 g/mol. The highest BCUT2D eigenvalue weighted by atomic mass is 32.1. The van der Waals surface area contributed by atoms with Crippen molar-refractivity contribution in [1.82, 2.24) is 20.4 Å². The number of carbonyl (C=O) groups excluding carboxylic acids is 2. The van der Waals surface area contributed by atoms with Gasteiger partial charge in [0.05, 0.1) is 0 Å². The fourth-order valence-corrected chi connectivity index (χ4v) is 4.51. The number of amides is 2. The van der Waals surface area contributed by atoms with E-state index in [0.717, 1.165) is 37.4 Å². The lowest BCUT2D eigenvalue weighted by Crippen LogP contribution is -2.34. The van der Waals surface area contributed by atoms with Crippen molar-refractivity contribution < 1.29 is 9.59 Å². The molecule has 0 bridgehead atoms. The number of benzene rings is 1. The molecule has 29 heavy (non-hydrogen) atoms. The van der Waals surface area contributed by atoms with Crippen LogP contribution in [0.5, 0.6) is 0 Å². The molecule has 1 atom stereocenters. The van der Waals surface area contributed by atoms with Crippen molar-refractivity contribution >= 4 is 28.8 Å². The standard InChI is InChI=1S/C21H27N5O2S/c1-14(26-11-2-3-12-26)9-10-22-18(27)16-5-4-6-17(13-16)23-19(28)21-25-24-20(29-21)15-7-8-15/h4-6,13-15H,2-3,7-12H2,1H3,(H,22,27)(H,23,28)/t14-/m0/s1. The molecule has 1 aliphatic carbocycles. The lowest BCUT2D eigenvalue weighted by atomic mass is 10.1. The van der Waals surface area contributed by atoms with Gasteiger partial charge in [-0.3, -0.25) is 9.59 Å². The fraction of sp³-hybridized carbons (Fsp3) is 0.524. The highest BCUT2D eigenvalue weighted by molar-refractivity contribution is 7.13. The molecule has 154 valence electrons. The van der Waals surface area contributed by atoms with Crippen molar-refractivity contribution in [3.05, 3.63) is 39.8 Å². The number of hydrogen-bond donors (Lipinski definition) is 2. The maximum atomic E-state index is 12.5. The Balaban J connectivity index is 1.28. The van der Waals surface area contributed by atoms with Gasteiger partial charge in [-0.1, -0.05) is 17.4 Å². The first-order valence-corrected chi connectivity index (χ1v) is 11.2. The number of aromatic nitrogens is 2. The van der Waals surface area contributed by atoms with Gasteiger partial charge in [-0.05, 0) is 70.3 Å². The minimum atomic E-state index is -0.286. The van der Waals surface area contributed by atoms with E-state index in [2.05, 4.69) is 32.7 Å². The zero-order chi connectivity index (χ0) is 20.2. The molecule has 4 rings (SSSR count). The SMILES string of the molecule is C[C@@H](CCNC(=O)c1cccc(NC(=O)c2nnc(C3CC3)s2)c1)N1CCCC1. The van der Waals surface area contributed by atoms with Gasteiger partial charge < -0.3 is 15.5 Å². The largest absolute Gasteiger partial charge is 0.352 e. The van der Waals surface area contributed by atoms with Crippen LogP contribution >= 0.6 is 11.3 Å². The summed E-state index contributed by atoms with van der Waals surface area (Å²) in [6, 6.07) is 7.47. The Labute approximate surface area is 174 Å². The number of carbonyl (C=O) groups is 2. The molecule has 0 spiro atoms. The van der Waals surface area contributed by atoms with Crippen LogP contribution in [0.3, 0.4) is 0 Å². The highest BCUT2D eigenvalue weighted by Crippen LogP contribution is 2.41. The van der Waals surface area contributed by atoms with Crippen molar-refractivity contribution in [3.63, 3.8) is 0 Å². The molecule has 0 radical (unpaired) electrons. The summed E-state index contributed by atoms with van der Waals surface area (Å²) in [5, 5.41) is 15.2. The molecule has 8 heteroatoms. The van der Waals surface area contributed by atoms with E-state index in [9.17, 15) is 9.59 Å². The summed E-state index contributed by atoms with van der Waals surface area (Å²) < 4.78 is 0. The summed E-state index contributed by atoms with van der Waals surface area (Å²) in [7, 11) is 0. The quantitative estimate of drug-likeness (QED) is 0.694. The number of rotatable bonds is 8. The van der Waals surface area contributed by atoms with Crippen LogP contribution in [0, 0.1) is 0 Å². The van der Waals surface area contributed by atoms with Gasteiger partial charge in [-0.15, -0.1) is 10.2 Å². The van der Waals surface area contributed by atoms with Crippen molar-refractivity contribution in [2.45, 2.75) is 51.0 Å². The molecule has 2 N–H and O–H groups in total. The molecular weight excluding hydrogens is 386 g/mol. The Morgan fingerprint density at radius 3 is 2.76 bits per heavy atom. The van der Waals surface area contributed by atoms with Gasteiger partial charge in [0.1, 0.15) is 5.01 Å². The summed E-state index contributed by atoms with van der Waals surface area (Å²) >= 11 is 1.35. The van der Waals surface area contributed by atoms with E-state index in [0.29, 0.717) is 34.8 Å². The first-order chi connectivity index (χ1) is 14.1. The maximum Gasteiger partial charge on any atom is 0.286 e. The molecule has 1 aromatic heterocycles. The van der Waals surface area contributed by atoms with E-state index in [1.165, 1.54) is 24.2 Å². The van der Waals surface area contributed by atoms with Gasteiger partial charge in [0.25, 0.3) is 11.8 Å². The van der Waals surface area contributed by atoms with Crippen LogP contribution in [-0.2, 0) is 0 Å². The van der Waals surface area contributed by atoms with Crippen molar-refractivity contribution in [3.8, 4) is 0 Å². The highest BCUT2D eigenvalue weighted by Gasteiger charge is 2.28. The Morgan fingerprint density at radius 1 is 1.21 bits per heavy atom. The van der Waals surface area contributed by atoms with E-state index < -0.39 is 0 Å². The Kier molecular flexibility index (Phi) is 6.20. The van der Waals surface area contributed by atoms with Gasteiger partial charge >= 0.3 is 0 Å². The first kappa shape index (κ1) is 20.0. The summed E-state index contributed by atoms with van der Waals surface area (Å²) in [6.07, 6.45) is 5.74. The third-order valence-corrected chi connectivity index (χ3v) is 6.64. The van der Waals surface area contributed by atoms with Gasteiger partial charge in [-0.2, -0.15) is 0 Å². The zero-order valence-electron chi connectivity index (χ0n) is 16.7. The molecule has 2 aromatic rings. The van der Waals surface area contributed by atoms with Crippen LogP contribution < -0.4 is 10.6 Å². The Morgan fingerprint density at radius 2 is 2.00 bits per heavy atom. The number of hydrogen-bond acceptors (Lipinski definition) is 6. The van der Waals surface area contributed by atoms with E-state index in [-0.39, 0.29) is 11.8 Å². The van der Waals surface area contributed by atoms with Crippen LogP contribution in [0.15, 0.2) is 24.3 Å². The Hall–Kier alpha value is -2.32. The van der Waals surface area contributed by atoms with Gasteiger partial charge in [0.15, 0.2) is 0 Å². The number of anilines is 1. The van der Waals surface area contributed by atoms with Gasteiger partial charge in [-0.25, -0.2) is 0 Å². The van der Waals surface area contributed by atoms with E-state index in [1.54, 1.807) is 24.3 Å². The molecule has 1 aromatic carbocycles.